The van der Waals surface area contributed by atoms with Gasteiger partial charge in [0, 0.05) is 36.9 Å². The van der Waals surface area contributed by atoms with Crippen molar-refractivity contribution >= 4 is 22.7 Å². The summed E-state index contributed by atoms with van der Waals surface area (Å²) >= 11 is 0. The highest BCUT2D eigenvalue weighted by Gasteiger charge is 2.32. The Bertz CT molecular complexity index is 890. The lowest BCUT2D eigenvalue weighted by molar-refractivity contribution is -0.143. The molecule has 156 valence electrons. The summed E-state index contributed by atoms with van der Waals surface area (Å²) in [6, 6.07) is 10.6. The molecule has 2 aromatic rings. The van der Waals surface area contributed by atoms with Crippen LogP contribution in [0.1, 0.15) is 44.7 Å². The molecule has 4 rings (SSSR count). The zero-order chi connectivity index (χ0) is 20.4. The zero-order valence-corrected chi connectivity index (χ0v) is 17.3. The van der Waals surface area contributed by atoms with Crippen molar-refractivity contribution in [1.82, 2.24) is 14.4 Å². The lowest BCUT2D eigenvalue weighted by atomic mass is 10.1. The van der Waals surface area contributed by atoms with Crippen molar-refractivity contribution in [3.05, 3.63) is 36.0 Å². The van der Waals surface area contributed by atoms with E-state index in [9.17, 15) is 9.59 Å². The Labute approximate surface area is 172 Å². The van der Waals surface area contributed by atoms with Gasteiger partial charge in [0.1, 0.15) is 0 Å². The molecule has 2 N–H and O–H groups in total. The van der Waals surface area contributed by atoms with Crippen molar-refractivity contribution in [3.63, 3.8) is 0 Å². The molecule has 0 spiro atoms. The maximum Gasteiger partial charge on any atom is 0.242 e. The van der Waals surface area contributed by atoms with E-state index in [0.29, 0.717) is 6.54 Å². The van der Waals surface area contributed by atoms with Crippen LogP contribution in [0.15, 0.2) is 30.3 Å². The molecular formula is C23H32N4O2. The molecule has 0 radical (unpaired) electrons. The van der Waals surface area contributed by atoms with E-state index < -0.39 is 6.04 Å². The topological polar surface area (TPSA) is 71.6 Å². The van der Waals surface area contributed by atoms with E-state index in [1.165, 1.54) is 16.6 Å². The number of carbonyl (C=O) groups excluding carboxylic acids is 2. The number of benzene rings is 1. The number of aryl methyl sites for hydroxylation is 2. The first-order valence-electron chi connectivity index (χ1n) is 11.0. The second-order valence-electron chi connectivity index (χ2n) is 8.37. The molecule has 0 unspecified atom stereocenters. The van der Waals surface area contributed by atoms with Gasteiger partial charge in [0.2, 0.25) is 11.8 Å². The first-order valence-corrected chi connectivity index (χ1v) is 11.0. The largest absolute Gasteiger partial charge is 0.345 e. The minimum absolute atomic E-state index is 0.0750. The monoisotopic (exact) mass is 396 g/mol. The minimum Gasteiger partial charge on any atom is -0.345 e. The number of amides is 2. The molecule has 2 aliphatic rings. The molecule has 2 saturated heterocycles. The van der Waals surface area contributed by atoms with E-state index in [1.54, 1.807) is 4.90 Å². The van der Waals surface area contributed by atoms with Crippen molar-refractivity contribution in [2.75, 3.05) is 19.6 Å². The first kappa shape index (κ1) is 20.0. The van der Waals surface area contributed by atoms with Crippen LogP contribution < -0.4 is 5.73 Å². The van der Waals surface area contributed by atoms with Crippen LogP contribution in [0, 0.1) is 0 Å². The standard InChI is InChI=1S/C23H32N4O2/c1-2-26-19(15-17-7-3-4-10-21(17)26)12-11-18-8-5-14-27(18)22(28)16-25-13-6-9-20(24)23(25)29/h3-4,7,10,15,18,20H,2,5-6,8-9,11-14,16,24H2,1H3/t18-,20-/m0/s1. The van der Waals surface area contributed by atoms with Gasteiger partial charge < -0.3 is 20.1 Å². The fourth-order valence-corrected chi connectivity index (χ4v) is 5.01. The zero-order valence-electron chi connectivity index (χ0n) is 17.3. The predicted molar refractivity (Wildman–Crippen MR) is 114 cm³/mol. The summed E-state index contributed by atoms with van der Waals surface area (Å²) < 4.78 is 2.38. The Balaban J connectivity index is 1.40. The Morgan fingerprint density at radius 1 is 1.17 bits per heavy atom. The van der Waals surface area contributed by atoms with Gasteiger partial charge in [0.05, 0.1) is 12.6 Å². The number of likely N-dealkylation sites (tertiary alicyclic amines) is 2. The highest BCUT2D eigenvalue weighted by Crippen LogP contribution is 2.25. The fourth-order valence-electron chi connectivity index (χ4n) is 5.01. The number of hydrogen-bond donors (Lipinski definition) is 1. The van der Waals surface area contributed by atoms with E-state index >= 15 is 0 Å². The molecule has 2 amide bonds. The highest BCUT2D eigenvalue weighted by atomic mass is 16.2. The van der Waals surface area contributed by atoms with Crippen LogP contribution in [0.5, 0.6) is 0 Å². The molecule has 1 aromatic heterocycles. The van der Waals surface area contributed by atoms with Gasteiger partial charge in [0.25, 0.3) is 0 Å². The molecule has 2 atom stereocenters. The third-order valence-corrected chi connectivity index (χ3v) is 6.54. The SMILES string of the molecule is CCn1c(CC[C@@H]2CCCN2C(=O)CN2CCC[C@H](N)C2=O)cc2ccccc21. The molecule has 0 bridgehead atoms. The minimum atomic E-state index is -0.443. The smallest absolute Gasteiger partial charge is 0.242 e. The van der Waals surface area contributed by atoms with E-state index in [1.807, 2.05) is 4.90 Å². The van der Waals surface area contributed by atoms with Gasteiger partial charge >= 0.3 is 0 Å². The number of hydrogen-bond acceptors (Lipinski definition) is 3. The van der Waals surface area contributed by atoms with Gasteiger partial charge in [0.15, 0.2) is 0 Å². The van der Waals surface area contributed by atoms with Gasteiger partial charge in [-0.2, -0.15) is 0 Å². The van der Waals surface area contributed by atoms with Crippen LogP contribution in [0.3, 0.4) is 0 Å². The average Bonchev–Trinajstić information content (AvgIpc) is 3.33. The van der Waals surface area contributed by atoms with Gasteiger partial charge in [-0.25, -0.2) is 0 Å². The summed E-state index contributed by atoms with van der Waals surface area (Å²) in [5.74, 6) is -0.00112. The average molecular weight is 397 g/mol. The maximum absolute atomic E-state index is 12.9. The van der Waals surface area contributed by atoms with Crippen LogP contribution in [0.25, 0.3) is 10.9 Å². The Morgan fingerprint density at radius 2 is 1.97 bits per heavy atom. The van der Waals surface area contributed by atoms with Gasteiger partial charge in [-0.3, -0.25) is 9.59 Å². The van der Waals surface area contributed by atoms with E-state index in [2.05, 4.69) is 41.8 Å². The number of rotatable bonds is 6. The van der Waals surface area contributed by atoms with Crippen LogP contribution in [-0.2, 0) is 22.6 Å². The Morgan fingerprint density at radius 3 is 2.79 bits per heavy atom. The van der Waals surface area contributed by atoms with Crippen molar-refractivity contribution < 1.29 is 9.59 Å². The number of piperidine rings is 1. The molecule has 2 fully saturated rings. The molecule has 2 aliphatic heterocycles. The van der Waals surface area contributed by atoms with Crippen molar-refractivity contribution in [1.29, 1.82) is 0 Å². The first-order chi connectivity index (χ1) is 14.1. The number of fused-ring (bicyclic) bond motifs is 1. The van der Waals surface area contributed by atoms with Gasteiger partial charge in [-0.05, 0) is 63.0 Å². The molecule has 6 nitrogen and oxygen atoms in total. The molecular weight excluding hydrogens is 364 g/mol. The summed E-state index contributed by atoms with van der Waals surface area (Å²) in [6.07, 6.45) is 5.62. The number of para-hydroxylation sites is 1. The molecule has 29 heavy (non-hydrogen) atoms. The second-order valence-corrected chi connectivity index (χ2v) is 8.37. The molecule has 3 heterocycles. The lowest BCUT2D eigenvalue weighted by Crippen LogP contribution is -2.52. The third-order valence-electron chi connectivity index (χ3n) is 6.54. The van der Waals surface area contributed by atoms with E-state index in [4.69, 9.17) is 5.73 Å². The molecule has 0 saturated carbocycles. The van der Waals surface area contributed by atoms with E-state index in [0.717, 1.165) is 51.6 Å². The molecule has 0 aliphatic carbocycles. The fraction of sp³-hybridized carbons (Fsp3) is 0.565. The van der Waals surface area contributed by atoms with Crippen molar-refractivity contribution in [3.8, 4) is 0 Å². The predicted octanol–water partition coefficient (Wildman–Crippen LogP) is 2.53. The lowest BCUT2D eigenvalue weighted by Gasteiger charge is -2.32. The maximum atomic E-state index is 12.9. The normalized spacial score (nSPS) is 22.6. The van der Waals surface area contributed by atoms with E-state index in [-0.39, 0.29) is 24.4 Å². The van der Waals surface area contributed by atoms with Crippen molar-refractivity contribution in [2.45, 2.75) is 64.1 Å². The molecule has 1 aromatic carbocycles. The quantitative estimate of drug-likeness (QED) is 0.816. The number of aromatic nitrogens is 1. The Kier molecular flexibility index (Phi) is 5.90. The van der Waals surface area contributed by atoms with Crippen LogP contribution in [0.4, 0.5) is 0 Å². The number of carbonyl (C=O) groups is 2. The van der Waals surface area contributed by atoms with Crippen molar-refractivity contribution in [2.24, 2.45) is 5.73 Å². The number of nitrogens with zero attached hydrogens (tertiary/aromatic N) is 3. The third kappa shape index (κ3) is 4.04. The van der Waals surface area contributed by atoms with Crippen LogP contribution in [-0.4, -0.2) is 57.9 Å². The van der Waals surface area contributed by atoms with Crippen LogP contribution in [0.2, 0.25) is 0 Å². The summed E-state index contributed by atoms with van der Waals surface area (Å²) in [6.45, 7) is 4.76. The Hall–Kier alpha value is -2.34. The summed E-state index contributed by atoms with van der Waals surface area (Å²) in [7, 11) is 0. The number of nitrogens with two attached hydrogens (primary N) is 1. The summed E-state index contributed by atoms with van der Waals surface area (Å²) in [5, 5.41) is 1.28. The van der Waals surface area contributed by atoms with Gasteiger partial charge in [-0.1, -0.05) is 18.2 Å². The molecule has 6 heteroatoms. The summed E-state index contributed by atoms with van der Waals surface area (Å²) in [5.41, 5.74) is 8.50. The highest BCUT2D eigenvalue weighted by molar-refractivity contribution is 5.88. The second kappa shape index (κ2) is 8.57. The van der Waals surface area contributed by atoms with Gasteiger partial charge in [-0.15, -0.1) is 0 Å². The van der Waals surface area contributed by atoms with Crippen LogP contribution >= 0.6 is 0 Å². The summed E-state index contributed by atoms with van der Waals surface area (Å²) in [4.78, 5) is 28.8.